The van der Waals surface area contributed by atoms with Gasteiger partial charge in [-0.2, -0.15) is 0 Å². The molecule has 2 aromatic carbocycles. The van der Waals surface area contributed by atoms with Gasteiger partial charge >= 0.3 is 0 Å². The zero-order valence-electron chi connectivity index (χ0n) is 8.48. The standard InChI is InChI=1S/C12H11FN2O/c13-11-8-10(6-7-12(11)15-14)16-9-4-2-1-3-5-9/h1-8,15H,14H2. The van der Waals surface area contributed by atoms with Gasteiger partial charge in [0.05, 0.1) is 5.69 Å². The largest absolute Gasteiger partial charge is 0.457 e. The lowest BCUT2D eigenvalue weighted by molar-refractivity contribution is 0.477. The van der Waals surface area contributed by atoms with E-state index in [4.69, 9.17) is 10.6 Å². The van der Waals surface area contributed by atoms with Gasteiger partial charge in [0.1, 0.15) is 11.5 Å². The highest BCUT2D eigenvalue weighted by Crippen LogP contribution is 2.24. The maximum atomic E-state index is 13.3. The van der Waals surface area contributed by atoms with Crippen molar-refractivity contribution in [3.8, 4) is 11.5 Å². The van der Waals surface area contributed by atoms with Crippen LogP contribution in [0.5, 0.6) is 11.5 Å². The Morgan fingerprint density at radius 1 is 1.00 bits per heavy atom. The summed E-state index contributed by atoms with van der Waals surface area (Å²) >= 11 is 0. The topological polar surface area (TPSA) is 47.3 Å². The summed E-state index contributed by atoms with van der Waals surface area (Å²) in [6, 6.07) is 13.6. The number of hydrogen-bond acceptors (Lipinski definition) is 3. The first-order chi connectivity index (χ1) is 7.79. The second kappa shape index (κ2) is 4.63. The van der Waals surface area contributed by atoms with Crippen molar-refractivity contribution in [1.29, 1.82) is 0 Å². The lowest BCUT2D eigenvalue weighted by atomic mass is 10.3. The molecule has 0 fully saturated rings. The van der Waals surface area contributed by atoms with Crippen LogP contribution in [0.2, 0.25) is 0 Å². The second-order valence-corrected chi connectivity index (χ2v) is 3.20. The number of hydrogen-bond donors (Lipinski definition) is 2. The Balaban J connectivity index is 2.20. The summed E-state index contributed by atoms with van der Waals surface area (Å²) in [6.07, 6.45) is 0. The van der Waals surface area contributed by atoms with Gasteiger partial charge in [-0.15, -0.1) is 0 Å². The average molecular weight is 218 g/mol. The molecule has 3 nitrogen and oxygen atoms in total. The van der Waals surface area contributed by atoms with Crippen molar-refractivity contribution in [2.24, 2.45) is 5.84 Å². The normalized spacial score (nSPS) is 9.88. The van der Waals surface area contributed by atoms with E-state index in [0.29, 0.717) is 11.5 Å². The zero-order valence-corrected chi connectivity index (χ0v) is 8.48. The van der Waals surface area contributed by atoms with Crippen molar-refractivity contribution in [1.82, 2.24) is 0 Å². The highest BCUT2D eigenvalue weighted by atomic mass is 19.1. The van der Waals surface area contributed by atoms with E-state index >= 15 is 0 Å². The predicted octanol–water partition coefficient (Wildman–Crippen LogP) is 2.90. The fourth-order valence-corrected chi connectivity index (χ4v) is 1.30. The molecule has 0 aromatic heterocycles. The number of benzene rings is 2. The molecular formula is C12H11FN2O. The lowest BCUT2D eigenvalue weighted by Crippen LogP contribution is -2.08. The minimum atomic E-state index is -0.448. The Morgan fingerprint density at radius 2 is 1.75 bits per heavy atom. The summed E-state index contributed by atoms with van der Waals surface area (Å²) in [4.78, 5) is 0. The molecule has 0 unspecified atom stereocenters. The minimum absolute atomic E-state index is 0.236. The molecular weight excluding hydrogens is 207 g/mol. The fourth-order valence-electron chi connectivity index (χ4n) is 1.30. The molecule has 0 spiro atoms. The number of nitrogens with one attached hydrogen (secondary N) is 1. The van der Waals surface area contributed by atoms with Crippen LogP contribution in [0, 0.1) is 5.82 Å². The molecule has 0 amide bonds. The Morgan fingerprint density at radius 3 is 2.38 bits per heavy atom. The van der Waals surface area contributed by atoms with Crippen LogP contribution in [-0.4, -0.2) is 0 Å². The molecule has 16 heavy (non-hydrogen) atoms. The highest BCUT2D eigenvalue weighted by Gasteiger charge is 2.03. The van der Waals surface area contributed by atoms with Crippen LogP contribution in [0.4, 0.5) is 10.1 Å². The summed E-state index contributed by atoms with van der Waals surface area (Å²) < 4.78 is 18.8. The second-order valence-electron chi connectivity index (χ2n) is 3.20. The first kappa shape index (κ1) is 10.4. The van der Waals surface area contributed by atoms with Crippen LogP contribution >= 0.6 is 0 Å². The summed E-state index contributed by atoms with van der Waals surface area (Å²) in [7, 11) is 0. The van der Waals surface area contributed by atoms with Gasteiger partial charge in [-0.05, 0) is 24.3 Å². The SMILES string of the molecule is NNc1ccc(Oc2ccccc2)cc1F. The monoisotopic (exact) mass is 218 g/mol. The quantitative estimate of drug-likeness (QED) is 0.615. The highest BCUT2D eigenvalue weighted by molar-refractivity contribution is 5.47. The van der Waals surface area contributed by atoms with Crippen LogP contribution in [0.15, 0.2) is 48.5 Å². The van der Waals surface area contributed by atoms with E-state index in [2.05, 4.69) is 5.43 Å². The number of nitrogen functional groups attached to an aromatic ring is 1. The van der Waals surface area contributed by atoms with Gasteiger partial charge in [0, 0.05) is 6.07 Å². The van der Waals surface area contributed by atoms with Crippen molar-refractivity contribution >= 4 is 5.69 Å². The summed E-state index contributed by atoms with van der Waals surface area (Å²) in [5.41, 5.74) is 2.49. The third kappa shape index (κ3) is 2.29. The molecule has 4 heteroatoms. The summed E-state index contributed by atoms with van der Waals surface area (Å²) in [5, 5.41) is 0. The van der Waals surface area contributed by atoms with Crippen LogP contribution in [0.1, 0.15) is 0 Å². The number of halogens is 1. The summed E-state index contributed by atoms with van der Waals surface area (Å²) in [6.45, 7) is 0. The number of nitrogens with two attached hydrogens (primary N) is 1. The zero-order chi connectivity index (χ0) is 11.4. The van der Waals surface area contributed by atoms with Gasteiger partial charge in [0.25, 0.3) is 0 Å². The van der Waals surface area contributed by atoms with Crippen LogP contribution < -0.4 is 16.0 Å². The first-order valence-corrected chi connectivity index (χ1v) is 4.78. The predicted molar refractivity (Wildman–Crippen MR) is 60.7 cm³/mol. The van der Waals surface area contributed by atoms with Crippen molar-refractivity contribution in [2.75, 3.05) is 5.43 Å². The van der Waals surface area contributed by atoms with Crippen molar-refractivity contribution in [2.45, 2.75) is 0 Å². The molecule has 82 valence electrons. The molecule has 2 aromatic rings. The van der Waals surface area contributed by atoms with Gasteiger partial charge in [-0.25, -0.2) is 4.39 Å². The molecule has 3 N–H and O–H groups in total. The van der Waals surface area contributed by atoms with Gasteiger partial charge in [-0.3, -0.25) is 5.84 Å². The fraction of sp³-hybridized carbons (Fsp3) is 0. The molecule has 0 aliphatic heterocycles. The van der Waals surface area contributed by atoms with E-state index in [1.807, 2.05) is 18.2 Å². The van der Waals surface area contributed by atoms with Crippen LogP contribution in [0.3, 0.4) is 0 Å². The molecule has 2 rings (SSSR count). The third-order valence-corrected chi connectivity index (χ3v) is 2.07. The van der Waals surface area contributed by atoms with Gasteiger partial charge < -0.3 is 10.2 Å². The van der Waals surface area contributed by atoms with Crippen LogP contribution in [-0.2, 0) is 0 Å². The maximum Gasteiger partial charge on any atom is 0.151 e. The van der Waals surface area contributed by atoms with Crippen molar-refractivity contribution in [3.05, 3.63) is 54.3 Å². The number of ether oxygens (including phenoxy) is 1. The summed E-state index contributed by atoms with van der Waals surface area (Å²) in [5.74, 6) is 5.77. The molecule has 0 atom stereocenters. The van der Waals surface area contributed by atoms with Crippen molar-refractivity contribution < 1.29 is 9.13 Å². The third-order valence-electron chi connectivity index (χ3n) is 2.07. The molecule has 0 aliphatic rings. The average Bonchev–Trinajstić information content (AvgIpc) is 2.31. The van der Waals surface area contributed by atoms with E-state index < -0.39 is 5.82 Å². The molecule has 0 radical (unpaired) electrons. The molecule has 0 heterocycles. The Hall–Kier alpha value is -2.07. The number of para-hydroxylation sites is 1. The van der Waals surface area contributed by atoms with E-state index in [9.17, 15) is 4.39 Å². The van der Waals surface area contributed by atoms with Crippen LogP contribution in [0.25, 0.3) is 0 Å². The van der Waals surface area contributed by atoms with E-state index in [1.165, 1.54) is 12.1 Å². The van der Waals surface area contributed by atoms with Gasteiger partial charge in [-0.1, -0.05) is 18.2 Å². The van der Waals surface area contributed by atoms with Gasteiger partial charge in [0.2, 0.25) is 0 Å². The number of rotatable bonds is 3. The first-order valence-electron chi connectivity index (χ1n) is 4.78. The molecule has 0 saturated heterocycles. The maximum absolute atomic E-state index is 13.3. The molecule has 0 aliphatic carbocycles. The molecule has 0 saturated carbocycles. The molecule has 0 bridgehead atoms. The van der Waals surface area contributed by atoms with E-state index in [-0.39, 0.29) is 5.69 Å². The minimum Gasteiger partial charge on any atom is -0.457 e. The Kier molecular flexibility index (Phi) is 3.03. The smallest absolute Gasteiger partial charge is 0.151 e. The lowest BCUT2D eigenvalue weighted by Gasteiger charge is -2.07. The van der Waals surface area contributed by atoms with E-state index in [1.54, 1.807) is 18.2 Å². The Bertz CT molecular complexity index is 474. The number of hydrazine groups is 1. The Labute approximate surface area is 92.6 Å². The van der Waals surface area contributed by atoms with Gasteiger partial charge in [0.15, 0.2) is 5.82 Å². The van der Waals surface area contributed by atoms with Crippen molar-refractivity contribution in [3.63, 3.8) is 0 Å². The van der Waals surface area contributed by atoms with E-state index in [0.717, 1.165) is 0 Å². The number of anilines is 1.